The normalized spacial score (nSPS) is 9.38. The van der Waals surface area contributed by atoms with Gasteiger partial charge in [-0.25, -0.2) is 0 Å². The Bertz CT molecular complexity index is 367. The third-order valence-corrected chi connectivity index (χ3v) is 2.00. The molecule has 0 aliphatic carbocycles. The van der Waals surface area contributed by atoms with E-state index in [1.807, 2.05) is 0 Å². The van der Waals surface area contributed by atoms with E-state index in [-0.39, 0.29) is 12.1 Å². The number of nitrogens with one attached hydrogen (secondary N) is 1. The molecular formula is C11H13NO4. The second kappa shape index (κ2) is 5.75. The van der Waals surface area contributed by atoms with Crippen molar-refractivity contribution in [2.24, 2.45) is 0 Å². The molecule has 0 saturated carbocycles. The van der Waals surface area contributed by atoms with E-state index in [4.69, 9.17) is 9.47 Å². The van der Waals surface area contributed by atoms with E-state index >= 15 is 0 Å². The van der Waals surface area contributed by atoms with E-state index in [9.17, 15) is 9.59 Å². The maximum atomic E-state index is 11.7. The number of hydrogen-bond acceptors (Lipinski definition) is 4. The monoisotopic (exact) mass is 223 g/mol. The predicted molar refractivity (Wildman–Crippen MR) is 57.9 cm³/mol. The van der Waals surface area contributed by atoms with Gasteiger partial charge in [-0.1, -0.05) is 6.07 Å². The zero-order valence-corrected chi connectivity index (χ0v) is 9.15. The lowest BCUT2D eigenvalue weighted by Gasteiger charge is -2.11. The quantitative estimate of drug-likeness (QED) is 0.744. The molecule has 0 aromatic heterocycles. The molecule has 0 bridgehead atoms. The van der Waals surface area contributed by atoms with Crippen molar-refractivity contribution in [1.29, 1.82) is 0 Å². The maximum absolute atomic E-state index is 11.7. The Morgan fingerprint density at radius 1 is 1.31 bits per heavy atom. The molecule has 0 aliphatic rings. The topological polar surface area (TPSA) is 64.6 Å². The summed E-state index contributed by atoms with van der Waals surface area (Å²) in [6.45, 7) is -0.0416. The van der Waals surface area contributed by atoms with Crippen molar-refractivity contribution < 1.29 is 19.1 Å². The van der Waals surface area contributed by atoms with Crippen molar-refractivity contribution in [3.8, 4) is 11.5 Å². The number of carbonyl (C=O) groups excluding carboxylic acids is 2. The Hall–Kier alpha value is -2.04. The van der Waals surface area contributed by atoms with Crippen LogP contribution in [-0.4, -0.2) is 33.0 Å². The number of benzene rings is 1. The molecule has 1 aromatic carbocycles. The van der Waals surface area contributed by atoms with Gasteiger partial charge in [0, 0.05) is 0 Å². The van der Waals surface area contributed by atoms with Crippen molar-refractivity contribution in [2.45, 2.75) is 0 Å². The molecule has 0 saturated heterocycles. The van der Waals surface area contributed by atoms with E-state index < -0.39 is 5.91 Å². The molecule has 1 rings (SSSR count). The minimum Gasteiger partial charge on any atom is -0.496 e. The minimum atomic E-state index is -0.401. The molecule has 86 valence electrons. The first-order valence-corrected chi connectivity index (χ1v) is 4.67. The van der Waals surface area contributed by atoms with Crippen LogP contribution in [0.4, 0.5) is 0 Å². The summed E-state index contributed by atoms with van der Waals surface area (Å²) in [6, 6.07) is 5.02. The molecule has 1 N–H and O–H groups in total. The second-order valence-electron chi connectivity index (χ2n) is 2.91. The smallest absolute Gasteiger partial charge is 0.259 e. The van der Waals surface area contributed by atoms with Crippen molar-refractivity contribution in [1.82, 2.24) is 5.32 Å². The van der Waals surface area contributed by atoms with Crippen LogP contribution >= 0.6 is 0 Å². The minimum absolute atomic E-state index is 0.0416. The van der Waals surface area contributed by atoms with Gasteiger partial charge in [0.05, 0.1) is 20.8 Å². The second-order valence-corrected chi connectivity index (χ2v) is 2.91. The van der Waals surface area contributed by atoms with E-state index in [1.165, 1.54) is 14.2 Å². The average Bonchev–Trinajstić information content (AvgIpc) is 2.34. The number of methoxy groups -OCH3 is 2. The fourth-order valence-electron chi connectivity index (χ4n) is 1.30. The summed E-state index contributed by atoms with van der Waals surface area (Å²) in [5, 5.41) is 2.43. The fraction of sp³-hybridized carbons (Fsp3) is 0.273. The van der Waals surface area contributed by atoms with Gasteiger partial charge in [-0.2, -0.15) is 0 Å². The third kappa shape index (κ3) is 2.50. The molecule has 0 aliphatic heterocycles. The lowest BCUT2D eigenvalue weighted by molar-refractivity contribution is -0.107. The number of rotatable bonds is 5. The lowest BCUT2D eigenvalue weighted by Crippen LogP contribution is -2.26. The highest BCUT2D eigenvalue weighted by Gasteiger charge is 2.17. The molecule has 16 heavy (non-hydrogen) atoms. The lowest BCUT2D eigenvalue weighted by atomic mass is 10.1. The summed E-state index contributed by atoms with van der Waals surface area (Å²) in [5.41, 5.74) is 0.286. The van der Waals surface area contributed by atoms with Crippen LogP contribution in [0.1, 0.15) is 10.4 Å². The number of hydrogen-bond donors (Lipinski definition) is 1. The van der Waals surface area contributed by atoms with E-state index in [0.29, 0.717) is 17.8 Å². The predicted octanol–water partition coefficient (Wildman–Crippen LogP) is 0.632. The van der Waals surface area contributed by atoms with Gasteiger partial charge in [0.15, 0.2) is 0 Å². The van der Waals surface area contributed by atoms with Gasteiger partial charge >= 0.3 is 0 Å². The van der Waals surface area contributed by atoms with Crippen LogP contribution in [0.25, 0.3) is 0 Å². The summed E-state index contributed by atoms with van der Waals surface area (Å²) in [5.74, 6) is 0.409. The van der Waals surface area contributed by atoms with Crippen molar-refractivity contribution in [3.05, 3.63) is 23.8 Å². The number of ether oxygens (including phenoxy) is 2. The molecule has 1 aromatic rings. The molecule has 5 heteroatoms. The van der Waals surface area contributed by atoms with Gasteiger partial charge in [0.25, 0.3) is 5.91 Å². The van der Waals surface area contributed by atoms with E-state index in [2.05, 4.69) is 5.32 Å². The van der Waals surface area contributed by atoms with Gasteiger partial charge in [0.1, 0.15) is 23.3 Å². The highest BCUT2D eigenvalue weighted by molar-refractivity contribution is 6.00. The van der Waals surface area contributed by atoms with Crippen LogP contribution in [0.3, 0.4) is 0 Å². The van der Waals surface area contributed by atoms with Crippen LogP contribution in [0.5, 0.6) is 11.5 Å². The van der Waals surface area contributed by atoms with Gasteiger partial charge in [-0.05, 0) is 12.1 Å². The van der Waals surface area contributed by atoms with Gasteiger partial charge < -0.3 is 19.6 Å². The largest absolute Gasteiger partial charge is 0.496 e. The summed E-state index contributed by atoms with van der Waals surface area (Å²) in [6.07, 6.45) is 0.611. The Morgan fingerprint density at radius 3 is 2.31 bits per heavy atom. The Kier molecular flexibility index (Phi) is 4.32. The third-order valence-electron chi connectivity index (χ3n) is 2.00. The highest BCUT2D eigenvalue weighted by Crippen LogP contribution is 2.27. The highest BCUT2D eigenvalue weighted by atomic mass is 16.5. The zero-order chi connectivity index (χ0) is 12.0. The van der Waals surface area contributed by atoms with Gasteiger partial charge in [0.2, 0.25) is 0 Å². The fourth-order valence-corrected chi connectivity index (χ4v) is 1.30. The van der Waals surface area contributed by atoms with E-state index in [0.717, 1.165) is 0 Å². The Balaban J connectivity index is 3.07. The molecule has 0 unspecified atom stereocenters. The molecule has 0 fully saturated rings. The molecule has 1 amide bonds. The first-order valence-electron chi connectivity index (χ1n) is 4.67. The molecule has 0 spiro atoms. The van der Waals surface area contributed by atoms with Crippen LogP contribution in [-0.2, 0) is 4.79 Å². The number of carbonyl (C=O) groups is 2. The SMILES string of the molecule is COc1cccc(OC)c1C(=O)NCC=O. The summed E-state index contributed by atoms with van der Waals surface area (Å²) < 4.78 is 10.1. The summed E-state index contributed by atoms with van der Waals surface area (Å²) in [4.78, 5) is 21.9. The van der Waals surface area contributed by atoms with E-state index in [1.54, 1.807) is 18.2 Å². The number of aldehydes is 1. The van der Waals surface area contributed by atoms with Crippen LogP contribution in [0.15, 0.2) is 18.2 Å². The Morgan fingerprint density at radius 2 is 1.88 bits per heavy atom. The standard InChI is InChI=1S/C11H13NO4/c1-15-8-4-3-5-9(16-2)10(8)11(14)12-6-7-13/h3-5,7H,6H2,1-2H3,(H,12,14). The van der Waals surface area contributed by atoms with Crippen LogP contribution < -0.4 is 14.8 Å². The van der Waals surface area contributed by atoms with Crippen LogP contribution in [0.2, 0.25) is 0 Å². The molecular weight excluding hydrogens is 210 g/mol. The summed E-state index contributed by atoms with van der Waals surface area (Å²) >= 11 is 0. The van der Waals surface area contributed by atoms with Crippen molar-refractivity contribution >= 4 is 12.2 Å². The molecule has 5 nitrogen and oxygen atoms in total. The average molecular weight is 223 g/mol. The van der Waals surface area contributed by atoms with Crippen LogP contribution in [0, 0.1) is 0 Å². The summed E-state index contributed by atoms with van der Waals surface area (Å²) in [7, 11) is 2.93. The Labute approximate surface area is 93.4 Å². The van der Waals surface area contributed by atoms with Gasteiger partial charge in [-0.15, -0.1) is 0 Å². The zero-order valence-electron chi connectivity index (χ0n) is 9.15. The maximum Gasteiger partial charge on any atom is 0.259 e. The molecule has 0 atom stereocenters. The van der Waals surface area contributed by atoms with Crippen molar-refractivity contribution in [2.75, 3.05) is 20.8 Å². The first-order chi connectivity index (χ1) is 7.74. The first kappa shape index (κ1) is 12.0. The molecule has 0 radical (unpaired) electrons. The van der Waals surface area contributed by atoms with Gasteiger partial charge in [-0.3, -0.25) is 4.79 Å². The van der Waals surface area contributed by atoms with Crippen molar-refractivity contribution in [3.63, 3.8) is 0 Å². The molecule has 0 heterocycles. The number of amides is 1.